The van der Waals surface area contributed by atoms with Crippen LogP contribution in [0.15, 0.2) is 207 Å². The van der Waals surface area contributed by atoms with E-state index in [2.05, 4.69) is 220 Å². The van der Waals surface area contributed by atoms with Crippen molar-refractivity contribution < 1.29 is 42.9 Å². The number of rotatable bonds is 70. The van der Waals surface area contributed by atoms with E-state index in [1.165, 1.54) is 83.5 Å². The van der Waals surface area contributed by atoms with Crippen molar-refractivity contribution in [2.24, 2.45) is 0 Å². The highest BCUT2D eigenvalue weighted by Gasteiger charge is 2.22. The molecular weight excluding hydrogens is 1220 g/mol. The molecule has 0 fully saturated rings. The van der Waals surface area contributed by atoms with E-state index < -0.39 is 24.3 Å². The minimum atomic E-state index is -1.64. The molecule has 0 aromatic rings. The van der Waals surface area contributed by atoms with Crippen molar-refractivity contribution in [1.29, 1.82) is 0 Å². The first-order chi connectivity index (χ1) is 48.6. The Hall–Kier alpha value is -6.13. The van der Waals surface area contributed by atoms with Crippen LogP contribution in [0.1, 0.15) is 284 Å². The first-order valence-corrected chi connectivity index (χ1v) is 39.2. The summed E-state index contributed by atoms with van der Waals surface area (Å²) in [7, 11) is 5.92. The average Bonchev–Trinajstić information content (AvgIpc) is 1.14. The monoisotopic (exact) mass is 1370 g/mol. The van der Waals surface area contributed by atoms with Gasteiger partial charge in [-0.15, -0.1) is 0 Å². The Balaban J connectivity index is 4.15. The van der Waals surface area contributed by atoms with Gasteiger partial charge in [-0.2, -0.15) is 0 Å². The topological polar surface area (TPSA) is 111 Å². The summed E-state index contributed by atoms with van der Waals surface area (Å²) in [6.07, 6.45) is 118. The van der Waals surface area contributed by atoms with Crippen LogP contribution in [0.5, 0.6) is 0 Å². The highest BCUT2D eigenvalue weighted by molar-refractivity contribution is 5.70. The fourth-order valence-electron chi connectivity index (χ4n) is 10.1. The molecule has 0 N–H and O–H groups in total. The lowest BCUT2D eigenvalue weighted by atomic mass is 10.0. The molecule has 0 aliphatic carbocycles. The molecule has 556 valence electrons. The lowest BCUT2D eigenvalue weighted by Gasteiger charge is -2.26. The number of carbonyl (C=O) groups excluding carboxylic acids is 3. The summed E-state index contributed by atoms with van der Waals surface area (Å²) in [6, 6.07) is 0. The maximum atomic E-state index is 13.0. The number of likely N-dealkylation sites (N-methyl/N-ethyl adjacent to an activating group) is 1. The Labute approximate surface area is 607 Å². The number of unbranched alkanes of at least 4 members (excludes halogenated alkanes) is 21. The van der Waals surface area contributed by atoms with Crippen LogP contribution in [-0.4, -0.2) is 82.3 Å². The summed E-state index contributed by atoms with van der Waals surface area (Å²) in [5.74, 6) is -2.31. The zero-order valence-corrected chi connectivity index (χ0v) is 63.5. The van der Waals surface area contributed by atoms with Crippen molar-refractivity contribution >= 4 is 17.9 Å². The summed E-state index contributed by atoms with van der Waals surface area (Å²) in [5.41, 5.74) is 0. The number of allylic oxidation sites excluding steroid dienone is 34. The van der Waals surface area contributed by atoms with E-state index in [0.717, 1.165) is 167 Å². The standard InChI is InChI=1S/C90H143NO8/c1-6-8-10-12-14-16-18-20-22-24-26-28-30-32-34-36-38-40-42-43-44-45-47-49-51-53-55-57-59-61-63-65-67-69-71-73-75-77-79-81-88(93)99-86(85-98-90(89(94)95)96-83-82-91(3,4)5)84-97-87(92)80-78-76-74-72-70-68-66-64-62-60-58-56-54-52-50-48-46-41-39-37-35-33-31-29-27-25-23-21-19-17-15-13-11-9-7-2/h8-11,14-17,20-23,26-29,32-35,38-41,43-44,47-50,53-56,86,90H,6-7,12-13,18-19,24-25,30-31,36-37,42,45-46,51-52,57-85H2,1-5H3/b10-8-,11-9-,16-14-,17-15-,22-20-,23-21-,28-26-,29-27-,34-32-,35-33-,40-38-,41-39-,44-43-,49-47-,50-48-,55-53-,56-54-. The Kier molecular flexibility index (Phi) is 72.8. The van der Waals surface area contributed by atoms with Gasteiger partial charge in [0.25, 0.3) is 0 Å². The van der Waals surface area contributed by atoms with Gasteiger partial charge in [-0.1, -0.05) is 330 Å². The average molecular weight is 1370 g/mol. The Morgan fingerprint density at radius 3 is 0.808 bits per heavy atom. The van der Waals surface area contributed by atoms with Crippen LogP contribution in [0.25, 0.3) is 0 Å². The number of carbonyl (C=O) groups is 3. The van der Waals surface area contributed by atoms with Crippen LogP contribution >= 0.6 is 0 Å². The third-order valence-corrected chi connectivity index (χ3v) is 16.0. The number of ether oxygens (including phenoxy) is 4. The van der Waals surface area contributed by atoms with Gasteiger partial charge in [-0.25, -0.2) is 0 Å². The summed E-state index contributed by atoms with van der Waals surface area (Å²) in [4.78, 5) is 37.6. The minimum absolute atomic E-state index is 0.137. The smallest absolute Gasteiger partial charge is 0.306 e. The molecule has 0 aromatic carbocycles. The third kappa shape index (κ3) is 79.1. The van der Waals surface area contributed by atoms with Crippen molar-refractivity contribution in [1.82, 2.24) is 0 Å². The van der Waals surface area contributed by atoms with Crippen LogP contribution in [0, 0.1) is 0 Å². The fourth-order valence-corrected chi connectivity index (χ4v) is 10.1. The number of nitrogens with zero attached hydrogens (tertiary/aromatic N) is 1. The van der Waals surface area contributed by atoms with Crippen molar-refractivity contribution in [2.75, 3.05) is 47.5 Å². The van der Waals surface area contributed by atoms with E-state index in [1.807, 2.05) is 21.1 Å². The van der Waals surface area contributed by atoms with Gasteiger partial charge in [0.15, 0.2) is 12.4 Å². The zero-order valence-electron chi connectivity index (χ0n) is 63.5. The Bertz CT molecular complexity index is 2390. The van der Waals surface area contributed by atoms with Crippen molar-refractivity contribution in [3.8, 4) is 0 Å². The quantitative estimate of drug-likeness (QED) is 0.0195. The molecule has 0 amide bonds. The minimum Gasteiger partial charge on any atom is -0.545 e. The first-order valence-electron chi connectivity index (χ1n) is 39.2. The van der Waals surface area contributed by atoms with Crippen LogP contribution in [0.2, 0.25) is 0 Å². The number of hydrogen-bond donors (Lipinski definition) is 0. The van der Waals surface area contributed by atoms with Gasteiger partial charge < -0.3 is 33.3 Å². The SMILES string of the molecule is CC/C=C\C/C=C\C/C=C\C/C=C\C/C=C\C/C=C\C/C=C\C/C=C\C/C=C\CCCCCCCCCCCCCC(=O)OC(COC(=O)CCCCCCCCCCCC/C=C\C/C=C\C/C=C\C/C=C\C/C=C\C/C=C\C/C=C\C/C=C\CC)COC(OCC[N+](C)(C)C)C(=O)[O-]. The van der Waals surface area contributed by atoms with E-state index in [0.29, 0.717) is 17.4 Å². The second-order valence-electron chi connectivity index (χ2n) is 26.5. The molecule has 0 saturated carbocycles. The molecule has 0 saturated heterocycles. The second-order valence-corrected chi connectivity index (χ2v) is 26.5. The molecule has 0 radical (unpaired) electrons. The second kappa shape index (κ2) is 77.6. The fraction of sp³-hybridized carbons (Fsp3) is 0.589. The van der Waals surface area contributed by atoms with Gasteiger partial charge in [0.05, 0.1) is 40.3 Å². The molecule has 2 unspecified atom stereocenters. The maximum Gasteiger partial charge on any atom is 0.306 e. The number of carboxylic acids is 1. The zero-order chi connectivity index (χ0) is 71.8. The van der Waals surface area contributed by atoms with E-state index in [9.17, 15) is 19.5 Å². The summed E-state index contributed by atoms with van der Waals surface area (Å²) >= 11 is 0. The van der Waals surface area contributed by atoms with Gasteiger partial charge in [0.1, 0.15) is 13.2 Å². The van der Waals surface area contributed by atoms with Crippen molar-refractivity contribution in [3.05, 3.63) is 207 Å². The molecule has 0 spiro atoms. The Morgan fingerprint density at radius 1 is 0.303 bits per heavy atom. The summed E-state index contributed by atoms with van der Waals surface area (Å²) in [6.45, 7) is 4.50. The Morgan fingerprint density at radius 2 is 0.545 bits per heavy atom. The lowest BCUT2D eigenvalue weighted by molar-refractivity contribution is -0.870. The normalized spacial score (nSPS) is 13.8. The number of aliphatic carboxylic acids is 1. The van der Waals surface area contributed by atoms with Crippen LogP contribution in [0.4, 0.5) is 0 Å². The summed E-state index contributed by atoms with van der Waals surface area (Å²) < 4.78 is 22.8. The molecule has 0 aliphatic rings. The molecular formula is C90H143NO8. The van der Waals surface area contributed by atoms with Crippen LogP contribution in [-0.2, 0) is 33.3 Å². The highest BCUT2D eigenvalue weighted by Crippen LogP contribution is 2.16. The van der Waals surface area contributed by atoms with Crippen LogP contribution in [0.3, 0.4) is 0 Å². The van der Waals surface area contributed by atoms with E-state index in [4.69, 9.17) is 18.9 Å². The van der Waals surface area contributed by atoms with E-state index >= 15 is 0 Å². The lowest BCUT2D eigenvalue weighted by Crippen LogP contribution is -2.44. The largest absolute Gasteiger partial charge is 0.545 e. The van der Waals surface area contributed by atoms with Gasteiger partial charge in [-0.05, 0) is 148 Å². The molecule has 0 aromatic heterocycles. The molecule has 9 nitrogen and oxygen atoms in total. The van der Waals surface area contributed by atoms with Crippen LogP contribution < -0.4 is 5.11 Å². The number of esters is 2. The first kappa shape index (κ1) is 92.9. The van der Waals surface area contributed by atoms with Crippen molar-refractivity contribution in [3.63, 3.8) is 0 Å². The highest BCUT2D eigenvalue weighted by atomic mass is 16.7. The van der Waals surface area contributed by atoms with Gasteiger partial charge in [0.2, 0.25) is 0 Å². The molecule has 99 heavy (non-hydrogen) atoms. The van der Waals surface area contributed by atoms with Gasteiger partial charge in [-0.3, -0.25) is 9.59 Å². The third-order valence-electron chi connectivity index (χ3n) is 16.0. The number of carboxylic acid groups (broad SMARTS) is 1. The van der Waals surface area contributed by atoms with E-state index in [-0.39, 0.29) is 38.6 Å². The molecule has 0 heterocycles. The predicted molar refractivity (Wildman–Crippen MR) is 425 cm³/mol. The predicted octanol–water partition coefficient (Wildman–Crippen LogP) is 24.1. The molecule has 9 heteroatoms. The van der Waals surface area contributed by atoms with E-state index in [1.54, 1.807) is 0 Å². The molecule has 0 bridgehead atoms. The maximum absolute atomic E-state index is 13.0. The summed E-state index contributed by atoms with van der Waals surface area (Å²) in [5, 5.41) is 11.9. The molecule has 0 rings (SSSR count). The van der Waals surface area contributed by atoms with Gasteiger partial charge in [0, 0.05) is 12.8 Å². The molecule has 2 atom stereocenters. The number of hydrogen-bond acceptors (Lipinski definition) is 8. The van der Waals surface area contributed by atoms with Gasteiger partial charge >= 0.3 is 11.9 Å². The molecule has 0 aliphatic heterocycles. The van der Waals surface area contributed by atoms with Crippen molar-refractivity contribution in [2.45, 2.75) is 296 Å². The number of quaternary nitrogens is 1.